The first-order chi connectivity index (χ1) is 8.06. The number of piperidine rings is 1. The van der Waals surface area contributed by atoms with Gasteiger partial charge >= 0.3 is 0 Å². The number of nitrogens with two attached hydrogens (primary N) is 1. The molecule has 1 saturated heterocycles. The van der Waals surface area contributed by atoms with E-state index in [1.165, 1.54) is 18.3 Å². The van der Waals surface area contributed by atoms with Gasteiger partial charge in [0.2, 0.25) is 0 Å². The molecule has 0 aromatic carbocycles. The van der Waals surface area contributed by atoms with Crippen LogP contribution in [-0.4, -0.2) is 29.0 Å². The molecule has 2 N–H and O–H groups in total. The van der Waals surface area contributed by atoms with Gasteiger partial charge < -0.3 is 10.6 Å². The van der Waals surface area contributed by atoms with Gasteiger partial charge in [0.1, 0.15) is 5.82 Å². The van der Waals surface area contributed by atoms with Gasteiger partial charge in [-0.1, -0.05) is 6.92 Å². The van der Waals surface area contributed by atoms with E-state index >= 15 is 0 Å². The molecule has 1 aromatic rings. The fourth-order valence-corrected chi connectivity index (χ4v) is 2.28. The predicted octanol–water partition coefficient (Wildman–Crippen LogP) is 1.16. The number of rotatable bonds is 2. The zero-order valence-electron chi connectivity index (χ0n) is 9.74. The molecule has 0 radical (unpaired) electrons. The maximum atomic E-state index is 10.7. The van der Waals surface area contributed by atoms with Gasteiger partial charge in [-0.25, -0.2) is 4.98 Å². The number of anilines is 1. The third-order valence-corrected chi connectivity index (χ3v) is 2.96. The number of hydrogen-bond donors (Lipinski definition) is 1. The summed E-state index contributed by atoms with van der Waals surface area (Å²) in [6, 6.07) is 3.02. The van der Waals surface area contributed by atoms with Crippen molar-refractivity contribution in [1.82, 2.24) is 4.98 Å². The first-order valence-corrected chi connectivity index (χ1v) is 5.67. The van der Waals surface area contributed by atoms with Crippen LogP contribution in [0, 0.1) is 16.0 Å². The maximum absolute atomic E-state index is 10.7. The Morgan fingerprint density at radius 3 is 3.00 bits per heavy atom. The average molecular weight is 236 g/mol. The van der Waals surface area contributed by atoms with Crippen LogP contribution in [0.3, 0.4) is 0 Å². The second-order valence-corrected chi connectivity index (χ2v) is 4.64. The predicted molar refractivity (Wildman–Crippen MR) is 64.9 cm³/mol. The van der Waals surface area contributed by atoms with Gasteiger partial charge in [-0.15, -0.1) is 0 Å². The highest BCUT2D eigenvalue weighted by Crippen LogP contribution is 2.23. The van der Waals surface area contributed by atoms with Crippen molar-refractivity contribution in [2.45, 2.75) is 19.4 Å². The largest absolute Gasteiger partial charge is 0.355 e. The lowest BCUT2D eigenvalue weighted by atomic mass is 9.96. The highest BCUT2D eigenvalue weighted by molar-refractivity contribution is 5.47. The summed E-state index contributed by atoms with van der Waals surface area (Å²) >= 11 is 0. The summed E-state index contributed by atoms with van der Waals surface area (Å²) in [4.78, 5) is 16.5. The molecule has 0 spiro atoms. The lowest BCUT2D eigenvalue weighted by Crippen LogP contribution is -2.46. The zero-order chi connectivity index (χ0) is 12.4. The molecular weight excluding hydrogens is 220 g/mol. The lowest BCUT2D eigenvalue weighted by molar-refractivity contribution is -0.384. The van der Waals surface area contributed by atoms with Crippen molar-refractivity contribution in [3.63, 3.8) is 0 Å². The molecule has 6 nitrogen and oxygen atoms in total. The fourth-order valence-electron chi connectivity index (χ4n) is 2.28. The Balaban J connectivity index is 2.21. The van der Waals surface area contributed by atoms with Crippen LogP contribution in [-0.2, 0) is 0 Å². The molecule has 0 aliphatic carbocycles. The van der Waals surface area contributed by atoms with Crippen molar-refractivity contribution in [2.24, 2.45) is 11.7 Å². The SMILES string of the molecule is CC1CC(N)CN(c2cc([N+](=O)[O-])ccn2)C1. The molecular formula is C11H16N4O2. The Morgan fingerprint density at radius 2 is 2.35 bits per heavy atom. The Morgan fingerprint density at radius 1 is 1.59 bits per heavy atom. The van der Waals surface area contributed by atoms with Crippen LogP contribution < -0.4 is 10.6 Å². The van der Waals surface area contributed by atoms with Gasteiger partial charge in [0.05, 0.1) is 11.0 Å². The van der Waals surface area contributed by atoms with Gasteiger partial charge in [0, 0.05) is 31.4 Å². The number of nitrogens with zero attached hydrogens (tertiary/aromatic N) is 3. The van der Waals surface area contributed by atoms with Crippen LogP contribution in [0.4, 0.5) is 11.5 Å². The number of aromatic nitrogens is 1. The van der Waals surface area contributed by atoms with Crippen molar-refractivity contribution in [1.29, 1.82) is 0 Å². The fraction of sp³-hybridized carbons (Fsp3) is 0.545. The van der Waals surface area contributed by atoms with Crippen LogP contribution in [0.1, 0.15) is 13.3 Å². The van der Waals surface area contributed by atoms with E-state index in [0.717, 1.165) is 13.0 Å². The Labute approximate surface area is 99.6 Å². The molecule has 2 heterocycles. The van der Waals surface area contributed by atoms with E-state index < -0.39 is 4.92 Å². The van der Waals surface area contributed by atoms with E-state index in [-0.39, 0.29) is 11.7 Å². The van der Waals surface area contributed by atoms with Crippen LogP contribution in [0.2, 0.25) is 0 Å². The summed E-state index contributed by atoms with van der Waals surface area (Å²) in [5, 5.41) is 10.7. The molecule has 92 valence electrons. The molecule has 2 atom stereocenters. The highest BCUT2D eigenvalue weighted by atomic mass is 16.6. The number of nitro groups is 1. The molecule has 1 aliphatic rings. The molecule has 1 aliphatic heterocycles. The molecule has 6 heteroatoms. The minimum atomic E-state index is -0.404. The van der Waals surface area contributed by atoms with E-state index in [2.05, 4.69) is 11.9 Å². The summed E-state index contributed by atoms with van der Waals surface area (Å²) < 4.78 is 0. The molecule has 0 bridgehead atoms. The van der Waals surface area contributed by atoms with Gasteiger partial charge in [0.15, 0.2) is 0 Å². The van der Waals surface area contributed by atoms with E-state index in [1.807, 2.05) is 4.90 Å². The van der Waals surface area contributed by atoms with Crippen LogP contribution in [0.15, 0.2) is 18.3 Å². The second kappa shape index (κ2) is 4.67. The molecule has 2 unspecified atom stereocenters. The quantitative estimate of drug-likeness (QED) is 0.615. The van der Waals surface area contributed by atoms with Crippen molar-refractivity contribution in [3.8, 4) is 0 Å². The summed E-state index contributed by atoms with van der Waals surface area (Å²) in [5.74, 6) is 1.13. The van der Waals surface area contributed by atoms with Crippen molar-refractivity contribution in [2.75, 3.05) is 18.0 Å². The normalized spacial score (nSPS) is 24.7. The first-order valence-electron chi connectivity index (χ1n) is 5.67. The second-order valence-electron chi connectivity index (χ2n) is 4.64. The van der Waals surface area contributed by atoms with Gasteiger partial charge in [-0.3, -0.25) is 10.1 Å². The topological polar surface area (TPSA) is 85.3 Å². The summed E-state index contributed by atoms with van der Waals surface area (Å²) in [7, 11) is 0. The van der Waals surface area contributed by atoms with Crippen LogP contribution in [0.5, 0.6) is 0 Å². The summed E-state index contributed by atoms with van der Waals surface area (Å²) in [6.07, 6.45) is 2.46. The van der Waals surface area contributed by atoms with Crippen molar-refractivity contribution in [3.05, 3.63) is 28.4 Å². The summed E-state index contributed by atoms with van der Waals surface area (Å²) in [5.41, 5.74) is 6.02. The standard InChI is InChI=1S/C11H16N4O2/c1-8-4-9(12)7-14(6-8)11-5-10(15(16)17)2-3-13-11/h2-3,5,8-9H,4,6-7,12H2,1H3. The van der Waals surface area contributed by atoms with Crippen LogP contribution >= 0.6 is 0 Å². The molecule has 1 fully saturated rings. The van der Waals surface area contributed by atoms with Crippen LogP contribution in [0.25, 0.3) is 0 Å². The molecule has 1 aromatic heterocycles. The van der Waals surface area contributed by atoms with Gasteiger partial charge in [-0.05, 0) is 12.3 Å². The summed E-state index contributed by atoms with van der Waals surface area (Å²) in [6.45, 7) is 3.68. The monoisotopic (exact) mass is 236 g/mol. The number of pyridine rings is 1. The Hall–Kier alpha value is -1.69. The molecule has 2 rings (SSSR count). The zero-order valence-corrected chi connectivity index (χ0v) is 9.74. The minimum absolute atomic E-state index is 0.0711. The molecule has 0 amide bonds. The van der Waals surface area contributed by atoms with E-state index in [1.54, 1.807) is 0 Å². The molecule has 17 heavy (non-hydrogen) atoms. The Bertz CT molecular complexity index is 414. The molecule has 0 saturated carbocycles. The first kappa shape index (κ1) is 11.8. The van der Waals surface area contributed by atoms with Gasteiger partial charge in [0.25, 0.3) is 5.69 Å². The maximum Gasteiger partial charge on any atom is 0.274 e. The van der Waals surface area contributed by atoms with Gasteiger partial charge in [-0.2, -0.15) is 0 Å². The highest BCUT2D eigenvalue weighted by Gasteiger charge is 2.23. The van der Waals surface area contributed by atoms with Crippen molar-refractivity contribution >= 4 is 11.5 Å². The average Bonchev–Trinajstić information content (AvgIpc) is 2.28. The Kier molecular flexibility index (Phi) is 3.23. The third-order valence-electron chi connectivity index (χ3n) is 2.96. The van der Waals surface area contributed by atoms with E-state index in [0.29, 0.717) is 18.3 Å². The van der Waals surface area contributed by atoms with Crippen molar-refractivity contribution < 1.29 is 4.92 Å². The van der Waals surface area contributed by atoms with E-state index in [9.17, 15) is 10.1 Å². The third kappa shape index (κ3) is 2.71. The van der Waals surface area contributed by atoms with E-state index in [4.69, 9.17) is 5.73 Å². The lowest BCUT2D eigenvalue weighted by Gasteiger charge is -2.35. The smallest absolute Gasteiger partial charge is 0.274 e. The number of hydrogen-bond acceptors (Lipinski definition) is 5. The minimum Gasteiger partial charge on any atom is -0.355 e.